The van der Waals surface area contributed by atoms with E-state index >= 15 is 0 Å². The summed E-state index contributed by atoms with van der Waals surface area (Å²) in [6.07, 6.45) is 3.58. The van der Waals surface area contributed by atoms with E-state index in [1.165, 1.54) is 37.3 Å². The Labute approximate surface area is 130 Å². The Bertz CT molecular complexity index is 452. The Morgan fingerprint density at radius 3 is 2.90 bits per heavy atom. The number of nitrogens with two attached hydrogens (primary N) is 1. The molecular formula is C15H26N4OS. The number of thiazole rings is 1. The van der Waals surface area contributed by atoms with Crippen molar-refractivity contribution < 1.29 is 4.79 Å². The van der Waals surface area contributed by atoms with E-state index in [4.69, 9.17) is 5.73 Å². The zero-order valence-corrected chi connectivity index (χ0v) is 13.8. The Kier molecular flexibility index (Phi) is 6.14. The summed E-state index contributed by atoms with van der Waals surface area (Å²) in [5.74, 6) is 0.773. The normalized spacial score (nSPS) is 18.6. The summed E-state index contributed by atoms with van der Waals surface area (Å²) in [6.45, 7) is 8.35. The van der Waals surface area contributed by atoms with E-state index in [1.54, 1.807) is 5.38 Å². The van der Waals surface area contributed by atoms with Crippen LogP contribution in [0.4, 0.5) is 0 Å². The zero-order valence-electron chi connectivity index (χ0n) is 13.0. The third-order valence-electron chi connectivity index (χ3n) is 3.96. The Hall–Kier alpha value is -0.980. The van der Waals surface area contributed by atoms with Crippen LogP contribution in [0, 0.1) is 5.92 Å². The summed E-state index contributed by atoms with van der Waals surface area (Å²) >= 11 is 1.44. The summed E-state index contributed by atoms with van der Waals surface area (Å²) in [5.41, 5.74) is 6.24. The second-order valence-corrected chi connectivity index (χ2v) is 6.88. The largest absolute Gasteiger partial charge is 0.351 e. The molecule has 118 valence electrons. The van der Waals surface area contributed by atoms with Crippen LogP contribution >= 0.6 is 11.3 Å². The maximum Gasteiger partial charge on any atom is 0.270 e. The smallest absolute Gasteiger partial charge is 0.270 e. The minimum absolute atomic E-state index is 0.0922. The number of nitrogens with one attached hydrogen (secondary N) is 1. The van der Waals surface area contributed by atoms with Gasteiger partial charge in [0.25, 0.3) is 5.91 Å². The van der Waals surface area contributed by atoms with Crippen LogP contribution in [0.2, 0.25) is 0 Å². The Morgan fingerprint density at radius 1 is 1.57 bits per heavy atom. The first-order valence-corrected chi connectivity index (χ1v) is 8.65. The predicted molar refractivity (Wildman–Crippen MR) is 86.5 cm³/mol. The van der Waals surface area contributed by atoms with Crippen LogP contribution in [0.5, 0.6) is 0 Å². The molecular weight excluding hydrogens is 284 g/mol. The molecule has 0 aromatic carbocycles. The lowest BCUT2D eigenvalue weighted by molar-refractivity contribution is 0.0946. The SMILES string of the molecule is CC1CCN(CCCNC(=O)c2csc(C(C)N)n2)CC1. The van der Waals surface area contributed by atoms with Gasteiger partial charge in [-0.2, -0.15) is 0 Å². The average molecular weight is 310 g/mol. The molecule has 0 aliphatic carbocycles. The molecule has 21 heavy (non-hydrogen) atoms. The molecule has 3 N–H and O–H groups in total. The van der Waals surface area contributed by atoms with Gasteiger partial charge in [0.05, 0.1) is 6.04 Å². The molecule has 1 atom stereocenters. The second kappa shape index (κ2) is 7.87. The molecule has 1 fully saturated rings. The Morgan fingerprint density at radius 2 is 2.29 bits per heavy atom. The molecule has 1 aromatic rings. The molecule has 0 radical (unpaired) electrons. The van der Waals surface area contributed by atoms with Crippen LogP contribution in [0.25, 0.3) is 0 Å². The summed E-state index contributed by atoms with van der Waals surface area (Å²) in [5, 5.41) is 5.52. The van der Waals surface area contributed by atoms with E-state index in [2.05, 4.69) is 22.1 Å². The van der Waals surface area contributed by atoms with Gasteiger partial charge in [0, 0.05) is 11.9 Å². The minimum atomic E-state index is -0.113. The predicted octanol–water partition coefficient (Wildman–Crippen LogP) is 2.01. The lowest BCUT2D eigenvalue weighted by Gasteiger charge is -2.30. The summed E-state index contributed by atoms with van der Waals surface area (Å²) in [7, 11) is 0. The number of hydrogen-bond acceptors (Lipinski definition) is 5. The lowest BCUT2D eigenvalue weighted by atomic mass is 9.99. The van der Waals surface area contributed by atoms with E-state index in [9.17, 15) is 4.79 Å². The first-order chi connectivity index (χ1) is 10.1. The van der Waals surface area contributed by atoms with Gasteiger partial charge in [-0.1, -0.05) is 6.92 Å². The molecule has 0 spiro atoms. The Balaban J connectivity index is 1.65. The quantitative estimate of drug-likeness (QED) is 0.789. The molecule has 0 bridgehead atoms. The van der Waals surface area contributed by atoms with Crippen molar-refractivity contribution >= 4 is 17.2 Å². The molecule has 1 aliphatic rings. The van der Waals surface area contributed by atoms with Crippen LogP contribution in [-0.4, -0.2) is 42.0 Å². The first kappa shape index (κ1) is 16.4. The van der Waals surface area contributed by atoms with E-state index < -0.39 is 0 Å². The third kappa shape index (κ3) is 5.05. The van der Waals surface area contributed by atoms with Gasteiger partial charge in [-0.3, -0.25) is 4.79 Å². The van der Waals surface area contributed by atoms with Gasteiger partial charge in [-0.25, -0.2) is 4.98 Å². The number of nitrogens with zero attached hydrogens (tertiary/aromatic N) is 2. The van der Waals surface area contributed by atoms with E-state index in [1.807, 2.05) is 6.92 Å². The van der Waals surface area contributed by atoms with Crippen molar-refractivity contribution in [3.05, 3.63) is 16.1 Å². The van der Waals surface area contributed by atoms with Crippen molar-refractivity contribution in [3.8, 4) is 0 Å². The van der Waals surface area contributed by atoms with Gasteiger partial charge in [-0.05, 0) is 51.7 Å². The maximum atomic E-state index is 12.0. The number of carbonyl (C=O) groups is 1. The van der Waals surface area contributed by atoms with Crippen molar-refractivity contribution in [1.29, 1.82) is 0 Å². The van der Waals surface area contributed by atoms with Gasteiger partial charge in [0.2, 0.25) is 0 Å². The van der Waals surface area contributed by atoms with Crippen LogP contribution < -0.4 is 11.1 Å². The number of aromatic nitrogens is 1. The van der Waals surface area contributed by atoms with Gasteiger partial charge < -0.3 is 16.0 Å². The molecule has 0 saturated carbocycles. The maximum absolute atomic E-state index is 12.0. The summed E-state index contributed by atoms with van der Waals surface area (Å²) in [4.78, 5) is 18.7. The highest BCUT2D eigenvalue weighted by Crippen LogP contribution is 2.16. The first-order valence-electron chi connectivity index (χ1n) is 7.78. The van der Waals surface area contributed by atoms with Crippen LogP contribution in [-0.2, 0) is 0 Å². The van der Waals surface area contributed by atoms with E-state index in [0.29, 0.717) is 12.2 Å². The summed E-state index contributed by atoms with van der Waals surface area (Å²) in [6, 6.07) is -0.113. The number of piperidine rings is 1. The van der Waals surface area contributed by atoms with Gasteiger partial charge >= 0.3 is 0 Å². The molecule has 6 heteroatoms. The van der Waals surface area contributed by atoms with Crippen molar-refractivity contribution in [1.82, 2.24) is 15.2 Å². The standard InChI is InChI=1S/C15H26N4OS/c1-11-4-8-19(9-5-11)7-3-6-17-14(20)13-10-21-15(18-13)12(2)16/h10-12H,3-9,16H2,1-2H3,(H,17,20). The van der Waals surface area contributed by atoms with Crippen molar-refractivity contribution in [2.75, 3.05) is 26.2 Å². The molecule has 5 nitrogen and oxygen atoms in total. The molecule has 1 saturated heterocycles. The number of hydrogen-bond donors (Lipinski definition) is 2. The highest BCUT2D eigenvalue weighted by molar-refractivity contribution is 7.09. The molecule has 2 heterocycles. The lowest BCUT2D eigenvalue weighted by Crippen LogP contribution is -2.35. The van der Waals surface area contributed by atoms with E-state index in [-0.39, 0.29) is 11.9 Å². The number of amides is 1. The molecule has 1 aliphatic heterocycles. The topological polar surface area (TPSA) is 71.2 Å². The molecule has 1 amide bonds. The monoisotopic (exact) mass is 310 g/mol. The summed E-state index contributed by atoms with van der Waals surface area (Å²) < 4.78 is 0. The fraction of sp³-hybridized carbons (Fsp3) is 0.733. The highest BCUT2D eigenvalue weighted by atomic mass is 32.1. The fourth-order valence-electron chi connectivity index (χ4n) is 2.48. The number of carbonyl (C=O) groups excluding carboxylic acids is 1. The number of rotatable bonds is 6. The third-order valence-corrected chi connectivity index (χ3v) is 5.00. The van der Waals surface area contributed by atoms with Gasteiger partial charge in [-0.15, -0.1) is 11.3 Å². The molecule has 1 aromatic heterocycles. The van der Waals surface area contributed by atoms with Crippen molar-refractivity contribution in [2.24, 2.45) is 11.7 Å². The minimum Gasteiger partial charge on any atom is -0.351 e. The van der Waals surface area contributed by atoms with Crippen molar-refractivity contribution in [2.45, 2.75) is 39.2 Å². The van der Waals surface area contributed by atoms with E-state index in [0.717, 1.165) is 23.9 Å². The van der Waals surface area contributed by atoms with Crippen molar-refractivity contribution in [3.63, 3.8) is 0 Å². The van der Waals surface area contributed by atoms with Crippen LogP contribution in [0.1, 0.15) is 54.6 Å². The molecule has 1 unspecified atom stereocenters. The average Bonchev–Trinajstić information content (AvgIpc) is 2.95. The highest BCUT2D eigenvalue weighted by Gasteiger charge is 2.15. The van der Waals surface area contributed by atoms with Gasteiger partial charge in [0.1, 0.15) is 10.7 Å². The fourth-order valence-corrected chi connectivity index (χ4v) is 3.24. The number of likely N-dealkylation sites (tertiary alicyclic amines) is 1. The molecule has 2 rings (SSSR count). The zero-order chi connectivity index (χ0) is 15.2. The second-order valence-electron chi connectivity index (χ2n) is 5.99. The van der Waals surface area contributed by atoms with Crippen LogP contribution in [0.15, 0.2) is 5.38 Å². The van der Waals surface area contributed by atoms with Crippen LogP contribution in [0.3, 0.4) is 0 Å². The van der Waals surface area contributed by atoms with Gasteiger partial charge in [0.15, 0.2) is 0 Å².